The Hall–Kier alpha value is -4.83. The highest BCUT2D eigenvalue weighted by Crippen LogP contribution is 2.48. The fraction of sp³-hybridized carbons (Fsp3) is 0.194. The maximum Gasteiger partial charge on any atom is 0.336 e. The zero-order chi connectivity index (χ0) is 26.8. The Balaban J connectivity index is 1.57. The second kappa shape index (κ2) is 10.3. The van der Waals surface area contributed by atoms with Crippen molar-refractivity contribution in [3.05, 3.63) is 111 Å². The van der Waals surface area contributed by atoms with E-state index in [0.29, 0.717) is 50.7 Å². The molecule has 7 heteroatoms. The second-order valence-corrected chi connectivity index (χ2v) is 8.95. The van der Waals surface area contributed by atoms with Crippen molar-refractivity contribution < 1.29 is 23.8 Å². The molecule has 1 aliphatic heterocycles. The Morgan fingerprint density at radius 1 is 1.03 bits per heavy atom. The number of methoxy groups -OCH3 is 1. The van der Waals surface area contributed by atoms with E-state index in [1.54, 1.807) is 37.3 Å². The largest absolute Gasteiger partial charge is 0.493 e. The molecule has 7 nitrogen and oxygen atoms in total. The van der Waals surface area contributed by atoms with E-state index in [4.69, 9.17) is 14.2 Å². The molecule has 1 heterocycles. The van der Waals surface area contributed by atoms with Crippen LogP contribution in [0.4, 0.5) is 0 Å². The molecule has 0 unspecified atom stereocenters. The van der Waals surface area contributed by atoms with Crippen LogP contribution in [0.1, 0.15) is 52.4 Å². The quantitative estimate of drug-likeness (QED) is 0.436. The third-order valence-corrected chi connectivity index (χ3v) is 6.79. The summed E-state index contributed by atoms with van der Waals surface area (Å²) in [4.78, 5) is 26.8. The van der Waals surface area contributed by atoms with Crippen LogP contribution in [0.5, 0.6) is 11.5 Å². The molecule has 1 aliphatic carbocycles. The van der Waals surface area contributed by atoms with E-state index in [0.717, 1.165) is 11.1 Å². The molecule has 0 spiro atoms. The lowest BCUT2D eigenvalue weighted by Gasteiger charge is -2.29. The van der Waals surface area contributed by atoms with Gasteiger partial charge in [0.2, 0.25) is 0 Å². The van der Waals surface area contributed by atoms with Crippen molar-refractivity contribution in [2.45, 2.75) is 26.4 Å². The Morgan fingerprint density at radius 3 is 2.50 bits per heavy atom. The van der Waals surface area contributed by atoms with Crippen molar-refractivity contribution in [3.63, 3.8) is 0 Å². The Kier molecular flexibility index (Phi) is 6.71. The average molecular weight is 507 g/mol. The van der Waals surface area contributed by atoms with E-state index in [1.165, 1.54) is 7.11 Å². The molecule has 38 heavy (non-hydrogen) atoms. The molecule has 3 aromatic carbocycles. The van der Waals surface area contributed by atoms with E-state index in [1.807, 2.05) is 43.3 Å². The number of fused-ring (bicyclic) bond motifs is 2. The van der Waals surface area contributed by atoms with Crippen molar-refractivity contribution in [2.24, 2.45) is 0 Å². The molecular formula is C31H26N2O5. The van der Waals surface area contributed by atoms with E-state index in [-0.39, 0.29) is 19.0 Å². The van der Waals surface area contributed by atoms with Crippen LogP contribution in [0.3, 0.4) is 0 Å². The first-order valence-corrected chi connectivity index (χ1v) is 12.3. The van der Waals surface area contributed by atoms with Gasteiger partial charge in [-0.05, 0) is 37.6 Å². The summed E-state index contributed by atoms with van der Waals surface area (Å²) < 4.78 is 17.1. The second-order valence-electron chi connectivity index (χ2n) is 8.95. The van der Waals surface area contributed by atoms with Gasteiger partial charge in [-0.1, -0.05) is 48.5 Å². The number of rotatable bonds is 7. The highest BCUT2D eigenvalue weighted by atomic mass is 16.5. The number of Topliss-reactive ketones (excluding diaryl/α,β-unsaturated/α-hetero) is 1. The summed E-state index contributed by atoms with van der Waals surface area (Å²) >= 11 is 0. The number of hydrogen-bond acceptors (Lipinski definition) is 7. The number of dihydropyridines is 1. The average Bonchev–Trinajstić information content (AvgIpc) is 3.22. The minimum atomic E-state index is -0.660. The summed E-state index contributed by atoms with van der Waals surface area (Å²) in [5.74, 6) is -0.347. The highest BCUT2D eigenvalue weighted by molar-refractivity contribution is 6.23. The summed E-state index contributed by atoms with van der Waals surface area (Å²) in [5, 5.41) is 12.7. The molecule has 0 fully saturated rings. The maximum absolute atomic E-state index is 13.6. The Morgan fingerprint density at radius 2 is 1.76 bits per heavy atom. The molecule has 3 aromatic rings. The molecule has 0 amide bonds. The molecule has 5 rings (SSSR count). The monoisotopic (exact) mass is 506 g/mol. The molecule has 1 N–H and O–H groups in total. The van der Waals surface area contributed by atoms with Gasteiger partial charge in [0.25, 0.3) is 0 Å². The smallest absolute Gasteiger partial charge is 0.336 e. The number of nitrogens with one attached hydrogen (secondary N) is 1. The zero-order valence-corrected chi connectivity index (χ0v) is 21.3. The van der Waals surface area contributed by atoms with Crippen LogP contribution in [0.2, 0.25) is 0 Å². The van der Waals surface area contributed by atoms with Gasteiger partial charge in [-0.2, -0.15) is 5.26 Å². The first kappa shape index (κ1) is 24.8. The van der Waals surface area contributed by atoms with Gasteiger partial charge in [0.1, 0.15) is 6.61 Å². The molecule has 0 saturated carbocycles. The van der Waals surface area contributed by atoms with Crippen LogP contribution in [-0.4, -0.2) is 25.5 Å². The number of ether oxygens (including phenoxy) is 3. The molecule has 1 atom stereocenters. The highest BCUT2D eigenvalue weighted by Gasteiger charge is 2.43. The van der Waals surface area contributed by atoms with Gasteiger partial charge in [-0.3, -0.25) is 4.79 Å². The topological polar surface area (TPSA) is 97.6 Å². The lowest BCUT2D eigenvalue weighted by atomic mass is 9.79. The van der Waals surface area contributed by atoms with Crippen LogP contribution >= 0.6 is 0 Å². The van der Waals surface area contributed by atoms with Crippen molar-refractivity contribution >= 4 is 17.4 Å². The van der Waals surface area contributed by atoms with Crippen molar-refractivity contribution in [1.82, 2.24) is 5.32 Å². The minimum Gasteiger partial charge on any atom is -0.493 e. The normalized spacial score (nSPS) is 15.8. The summed E-state index contributed by atoms with van der Waals surface area (Å²) in [6.07, 6.45) is 0. The Bertz CT molecular complexity index is 1560. The number of esters is 1. The van der Waals surface area contributed by atoms with E-state index >= 15 is 0 Å². The third-order valence-electron chi connectivity index (χ3n) is 6.79. The fourth-order valence-electron chi connectivity index (χ4n) is 5.04. The number of hydrogen-bond donors (Lipinski definition) is 1. The summed E-state index contributed by atoms with van der Waals surface area (Å²) in [7, 11) is 1.53. The number of nitrogens with zero attached hydrogens (tertiary/aromatic N) is 1. The third kappa shape index (κ3) is 4.20. The summed E-state index contributed by atoms with van der Waals surface area (Å²) in [6, 6.07) is 22.2. The zero-order valence-electron chi connectivity index (χ0n) is 21.3. The van der Waals surface area contributed by atoms with Gasteiger partial charge in [0, 0.05) is 33.9 Å². The van der Waals surface area contributed by atoms with E-state index in [9.17, 15) is 14.9 Å². The lowest BCUT2D eigenvalue weighted by molar-refractivity contribution is -0.138. The van der Waals surface area contributed by atoms with Crippen LogP contribution in [-0.2, 0) is 16.1 Å². The summed E-state index contributed by atoms with van der Waals surface area (Å²) in [6.45, 7) is 3.96. The first-order chi connectivity index (χ1) is 18.5. The van der Waals surface area contributed by atoms with Gasteiger partial charge >= 0.3 is 5.97 Å². The predicted octanol–water partition coefficient (Wildman–Crippen LogP) is 5.28. The van der Waals surface area contributed by atoms with E-state index < -0.39 is 11.9 Å². The molecule has 190 valence electrons. The molecule has 2 aliphatic rings. The van der Waals surface area contributed by atoms with Crippen LogP contribution in [0.15, 0.2) is 83.6 Å². The van der Waals surface area contributed by atoms with Crippen molar-refractivity contribution in [1.29, 1.82) is 5.26 Å². The van der Waals surface area contributed by atoms with Crippen LogP contribution in [0.25, 0.3) is 5.70 Å². The number of allylic oxidation sites excluding steroid dienone is 2. The molecule has 0 bridgehead atoms. The SMILES string of the molecule is CCOC(=O)C1=C(C)NC2=C(C(=O)c3ccccc32)[C@@H]1c1ccc(OCc2ccccc2C#N)c(OC)c1. The van der Waals surface area contributed by atoms with E-state index in [2.05, 4.69) is 11.4 Å². The summed E-state index contributed by atoms with van der Waals surface area (Å²) in [5.41, 5.74) is 5.60. The number of nitriles is 1. The fourth-order valence-corrected chi connectivity index (χ4v) is 5.04. The Labute approximate surface area is 221 Å². The van der Waals surface area contributed by atoms with Crippen molar-refractivity contribution in [3.8, 4) is 17.6 Å². The van der Waals surface area contributed by atoms with Gasteiger partial charge in [-0.15, -0.1) is 0 Å². The van der Waals surface area contributed by atoms with Gasteiger partial charge < -0.3 is 19.5 Å². The van der Waals surface area contributed by atoms with Gasteiger partial charge in [-0.25, -0.2) is 4.79 Å². The minimum absolute atomic E-state index is 0.130. The maximum atomic E-state index is 13.6. The van der Waals surface area contributed by atoms with Crippen LogP contribution in [0, 0.1) is 11.3 Å². The molecule has 0 saturated heterocycles. The van der Waals surface area contributed by atoms with Gasteiger partial charge in [0.05, 0.1) is 36.6 Å². The predicted molar refractivity (Wildman–Crippen MR) is 141 cm³/mol. The standard InChI is InChI=1S/C31H26N2O5/c1-4-37-31(35)26-18(2)33-29-22-11-7-8-12-23(22)30(34)28(29)27(26)19-13-14-24(25(15-19)36-3)38-17-21-10-6-5-9-20(21)16-32/h5-15,27,33H,4,17H2,1-3H3/t27-/m1/s1. The number of carbonyl (C=O) groups excluding carboxylic acids is 2. The number of carbonyl (C=O) groups is 2. The molecule has 0 radical (unpaired) electrons. The number of benzene rings is 3. The lowest BCUT2D eigenvalue weighted by Crippen LogP contribution is -2.29. The van der Waals surface area contributed by atoms with Crippen molar-refractivity contribution in [2.75, 3.05) is 13.7 Å². The van der Waals surface area contributed by atoms with Gasteiger partial charge in [0.15, 0.2) is 17.3 Å². The first-order valence-electron chi connectivity index (χ1n) is 12.3. The van der Waals surface area contributed by atoms with Crippen LogP contribution < -0.4 is 14.8 Å². The molecule has 0 aromatic heterocycles. The number of ketones is 1. The molecular weight excluding hydrogens is 480 g/mol.